The lowest BCUT2D eigenvalue weighted by Crippen LogP contribution is -2.60. The van der Waals surface area contributed by atoms with Crippen LogP contribution in [0, 0.1) is 0 Å². The van der Waals surface area contributed by atoms with Gasteiger partial charge in [0.15, 0.2) is 0 Å². The first kappa shape index (κ1) is 21.1. The zero-order valence-corrected chi connectivity index (χ0v) is 18.5. The predicted octanol–water partition coefficient (Wildman–Crippen LogP) is 4.16. The summed E-state index contributed by atoms with van der Waals surface area (Å²) in [4.78, 5) is 40.7. The lowest BCUT2D eigenvalue weighted by Gasteiger charge is -2.36. The number of rotatable bonds is 3. The van der Waals surface area contributed by atoms with Crippen molar-refractivity contribution in [2.24, 2.45) is 0 Å². The van der Waals surface area contributed by atoms with E-state index in [9.17, 15) is 14.4 Å². The van der Waals surface area contributed by atoms with Crippen molar-refractivity contribution < 1.29 is 14.4 Å². The molecule has 0 radical (unpaired) electrons. The van der Waals surface area contributed by atoms with Crippen molar-refractivity contribution in [1.82, 2.24) is 10.2 Å². The van der Waals surface area contributed by atoms with Crippen molar-refractivity contribution >= 4 is 41.2 Å². The van der Waals surface area contributed by atoms with Crippen molar-refractivity contribution in [1.29, 1.82) is 0 Å². The molecule has 2 aliphatic heterocycles. The van der Waals surface area contributed by atoms with Crippen molar-refractivity contribution in [2.45, 2.75) is 39.3 Å². The average molecular weight is 438 g/mol. The summed E-state index contributed by atoms with van der Waals surface area (Å²) >= 11 is 6.31. The Morgan fingerprint density at radius 3 is 2.55 bits per heavy atom. The summed E-state index contributed by atoms with van der Waals surface area (Å²) in [6, 6.07) is 13.0. The van der Waals surface area contributed by atoms with Crippen LogP contribution in [0.4, 0.5) is 10.5 Å². The molecule has 2 aromatic carbocycles. The minimum absolute atomic E-state index is 0.0413. The third kappa shape index (κ3) is 4.08. The maximum absolute atomic E-state index is 12.9. The van der Waals surface area contributed by atoms with Gasteiger partial charge in [0.2, 0.25) is 0 Å². The first-order valence-corrected chi connectivity index (χ1v) is 10.6. The number of urea groups is 1. The average Bonchev–Trinajstić information content (AvgIpc) is 3.07. The number of amides is 4. The number of nitrogens with one attached hydrogen (secondary N) is 1. The summed E-state index contributed by atoms with van der Waals surface area (Å²) in [5.74, 6) is -1.25. The predicted molar refractivity (Wildman–Crippen MR) is 121 cm³/mol. The number of hydrogen-bond donors (Lipinski definition) is 1. The Kier molecular flexibility index (Phi) is 5.35. The molecule has 1 saturated heterocycles. The van der Waals surface area contributed by atoms with Gasteiger partial charge in [-0.05, 0) is 68.2 Å². The number of benzene rings is 2. The molecule has 0 saturated carbocycles. The summed E-state index contributed by atoms with van der Waals surface area (Å²) in [6.45, 7) is 6.84. The number of fused-ring (bicyclic) bond motifs is 1. The second kappa shape index (κ2) is 7.85. The Hall–Kier alpha value is -3.12. The normalized spacial score (nSPS) is 17.9. The van der Waals surface area contributed by atoms with Crippen LogP contribution in [0.25, 0.3) is 6.08 Å². The van der Waals surface area contributed by atoms with E-state index in [0.29, 0.717) is 0 Å². The fraction of sp³-hybridized carbons (Fsp3) is 0.292. The second-order valence-electron chi connectivity index (χ2n) is 8.78. The quantitative estimate of drug-likeness (QED) is 0.578. The van der Waals surface area contributed by atoms with Gasteiger partial charge in [0.25, 0.3) is 11.8 Å². The molecule has 2 aromatic rings. The molecule has 31 heavy (non-hydrogen) atoms. The molecule has 4 rings (SSSR count). The third-order valence-electron chi connectivity index (χ3n) is 5.50. The first-order chi connectivity index (χ1) is 14.6. The van der Waals surface area contributed by atoms with Gasteiger partial charge in [-0.15, -0.1) is 0 Å². The van der Waals surface area contributed by atoms with Gasteiger partial charge in [0, 0.05) is 29.3 Å². The Morgan fingerprint density at radius 2 is 1.84 bits per heavy atom. The molecule has 2 heterocycles. The van der Waals surface area contributed by atoms with E-state index in [0.717, 1.165) is 51.8 Å². The molecule has 1 fully saturated rings. The molecule has 0 aliphatic carbocycles. The molecule has 7 heteroatoms. The molecule has 1 N–H and O–H groups in total. The molecule has 0 aromatic heterocycles. The number of nitrogens with zero attached hydrogens (tertiary/aromatic N) is 2. The first-order valence-electron chi connectivity index (χ1n) is 10.2. The number of anilines is 1. The fourth-order valence-electron chi connectivity index (χ4n) is 4.01. The van der Waals surface area contributed by atoms with Crippen LogP contribution in [0.15, 0.2) is 48.0 Å². The SMILES string of the molecule is CC(C)(C)N1C(=O)NC(=O)C(=Cc2ccc3c(c2)CCN3Cc2ccccc2Cl)C1=O. The van der Waals surface area contributed by atoms with Gasteiger partial charge in [-0.1, -0.05) is 35.9 Å². The topological polar surface area (TPSA) is 69.7 Å². The summed E-state index contributed by atoms with van der Waals surface area (Å²) in [5, 5.41) is 3.01. The van der Waals surface area contributed by atoms with E-state index in [2.05, 4.69) is 10.2 Å². The molecule has 6 nitrogen and oxygen atoms in total. The summed E-state index contributed by atoms with van der Waals surface area (Å²) in [5.41, 5.74) is 3.31. The van der Waals surface area contributed by atoms with E-state index in [-0.39, 0.29) is 5.57 Å². The van der Waals surface area contributed by atoms with Crippen LogP contribution in [0.5, 0.6) is 0 Å². The molecule has 0 atom stereocenters. The van der Waals surface area contributed by atoms with Gasteiger partial charge in [-0.3, -0.25) is 19.8 Å². The van der Waals surface area contributed by atoms with E-state index >= 15 is 0 Å². The van der Waals surface area contributed by atoms with E-state index in [4.69, 9.17) is 11.6 Å². The molecule has 2 aliphatic rings. The molecule has 160 valence electrons. The zero-order valence-electron chi connectivity index (χ0n) is 17.7. The maximum Gasteiger partial charge on any atom is 0.331 e. The van der Waals surface area contributed by atoms with Gasteiger partial charge in [-0.2, -0.15) is 0 Å². The Bertz CT molecular complexity index is 1120. The number of carbonyl (C=O) groups is 3. The molecular formula is C24H24ClN3O3. The highest BCUT2D eigenvalue weighted by molar-refractivity contribution is 6.31. The van der Waals surface area contributed by atoms with Gasteiger partial charge in [-0.25, -0.2) is 4.79 Å². The fourth-order valence-corrected chi connectivity index (χ4v) is 4.21. The molecule has 4 amide bonds. The standard InChI is InChI=1S/C24H24ClN3O3/c1-24(2,3)28-22(30)18(21(29)26-23(28)31)13-15-8-9-20-16(12-15)10-11-27(20)14-17-6-4-5-7-19(17)25/h4-9,12-13H,10-11,14H2,1-3H3,(H,26,29,31). The minimum atomic E-state index is -0.738. The monoisotopic (exact) mass is 437 g/mol. The number of hydrogen-bond acceptors (Lipinski definition) is 4. The van der Waals surface area contributed by atoms with Gasteiger partial charge >= 0.3 is 6.03 Å². The van der Waals surface area contributed by atoms with Crippen molar-refractivity contribution in [3.8, 4) is 0 Å². The van der Waals surface area contributed by atoms with E-state index < -0.39 is 23.4 Å². The molecule has 0 spiro atoms. The van der Waals surface area contributed by atoms with E-state index in [1.807, 2.05) is 42.5 Å². The van der Waals surface area contributed by atoms with Crippen molar-refractivity contribution in [2.75, 3.05) is 11.4 Å². The van der Waals surface area contributed by atoms with Crippen LogP contribution in [-0.4, -0.2) is 34.8 Å². The summed E-state index contributed by atoms with van der Waals surface area (Å²) in [6.07, 6.45) is 2.42. The molecular weight excluding hydrogens is 414 g/mol. The van der Waals surface area contributed by atoms with Crippen LogP contribution in [0.3, 0.4) is 0 Å². The molecule has 0 bridgehead atoms. The Labute approximate surface area is 186 Å². The van der Waals surface area contributed by atoms with Crippen LogP contribution in [0.2, 0.25) is 5.02 Å². The highest BCUT2D eigenvalue weighted by Gasteiger charge is 2.41. The van der Waals surface area contributed by atoms with Crippen molar-refractivity contribution in [3.05, 3.63) is 69.8 Å². The lowest BCUT2D eigenvalue weighted by atomic mass is 10.00. The number of imide groups is 2. The van der Waals surface area contributed by atoms with Gasteiger partial charge < -0.3 is 4.90 Å². The van der Waals surface area contributed by atoms with Crippen LogP contribution in [-0.2, 0) is 22.6 Å². The summed E-state index contributed by atoms with van der Waals surface area (Å²) in [7, 11) is 0. The van der Waals surface area contributed by atoms with Crippen LogP contribution < -0.4 is 10.2 Å². The smallest absolute Gasteiger partial charge is 0.331 e. The maximum atomic E-state index is 12.9. The van der Waals surface area contributed by atoms with Crippen LogP contribution >= 0.6 is 11.6 Å². The number of halogens is 1. The zero-order chi connectivity index (χ0) is 22.3. The van der Waals surface area contributed by atoms with Gasteiger partial charge in [0.1, 0.15) is 5.57 Å². The second-order valence-corrected chi connectivity index (χ2v) is 9.19. The molecule has 0 unspecified atom stereocenters. The van der Waals surface area contributed by atoms with Crippen LogP contribution in [0.1, 0.15) is 37.5 Å². The van der Waals surface area contributed by atoms with Crippen molar-refractivity contribution in [3.63, 3.8) is 0 Å². The highest BCUT2D eigenvalue weighted by atomic mass is 35.5. The third-order valence-corrected chi connectivity index (χ3v) is 5.87. The minimum Gasteiger partial charge on any atom is -0.367 e. The van der Waals surface area contributed by atoms with E-state index in [1.54, 1.807) is 26.8 Å². The Balaban J connectivity index is 1.60. The number of carbonyl (C=O) groups excluding carboxylic acids is 3. The van der Waals surface area contributed by atoms with Gasteiger partial charge in [0.05, 0.1) is 0 Å². The largest absolute Gasteiger partial charge is 0.367 e. The Morgan fingerprint density at radius 1 is 1.10 bits per heavy atom. The van der Waals surface area contributed by atoms with E-state index in [1.165, 1.54) is 0 Å². The number of barbiturate groups is 1. The highest BCUT2D eigenvalue weighted by Crippen LogP contribution is 2.32. The lowest BCUT2D eigenvalue weighted by molar-refractivity contribution is -0.133. The summed E-state index contributed by atoms with van der Waals surface area (Å²) < 4.78 is 0.